The number of hydrogen-bond acceptors (Lipinski definition) is 6. The number of hydrogen-bond donors (Lipinski definition) is 0. The molecule has 0 unspecified atom stereocenters. The number of aromatic nitrogens is 1. The summed E-state index contributed by atoms with van der Waals surface area (Å²) in [6.45, 7) is 1.86. The van der Waals surface area contributed by atoms with Gasteiger partial charge in [0.25, 0.3) is 5.91 Å². The van der Waals surface area contributed by atoms with Crippen molar-refractivity contribution in [2.24, 2.45) is 0 Å². The summed E-state index contributed by atoms with van der Waals surface area (Å²) in [5.41, 5.74) is 1.91. The summed E-state index contributed by atoms with van der Waals surface area (Å²) in [6, 6.07) is 11.8. The summed E-state index contributed by atoms with van der Waals surface area (Å²) < 4.78 is 12.3. The van der Waals surface area contributed by atoms with Crippen molar-refractivity contribution in [2.45, 2.75) is 13.0 Å². The number of anilines is 1. The van der Waals surface area contributed by atoms with Crippen molar-refractivity contribution < 1.29 is 13.9 Å². The fourth-order valence-electron chi connectivity index (χ4n) is 3.78. The molecule has 6 nitrogen and oxygen atoms in total. The van der Waals surface area contributed by atoms with Crippen molar-refractivity contribution in [2.75, 3.05) is 12.0 Å². The standard InChI is InChI=1S/C22H15BrN2O4S/c1-11-10-30-22(24-11)25-18(13-5-3-4-6-15(13)28-2)17-19(26)14-9-12(23)7-8-16(14)29-20(17)21(25)27/h3-10,18H,1-2H3/t18-/m0/s1. The van der Waals surface area contributed by atoms with Crippen LogP contribution in [-0.4, -0.2) is 18.0 Å². The van der Waals surface area contributed by atoms with Gasteiger partial charge >= 0.3 is 0 Å². The van der Waals surface area contributed by atoms with Crippen LogP contribution in [-0.2, 0) is 0 Å². The Balaban J connectivity index is 1.86. The fourth-order valence-corrected chi connectivity index (χ4v) is 4.97. The van der Waals surface area contributed by atoms with Crippen LogP contribution in [0.4, 0.5) is 5.13 Å². The average Bonchev–Trinajstić information content (AvgIpc) is 3.29. The average molecular weight is 483 g/mol. The van der Waals surface area contributed by atoms with E-state index in [9.17, 15) is 9.59 Å². The minimum absolute atomic E-state index is 0.0404. The molecule has 0 saturated carbocycles. The van der Waals surface area contributed by atoms with Crippen LogP contribution in [0.3, 0.4) is 0 Å². The Hall–Kier alpha value is -2.97. The van der Waals surface area contributed by atoms with Crippen molar-refractivity contribution in [3.05, 3.63) is 85.1 Å². The normalized spacial score (nSPS) is 15.6. The molecule has 0 fully saturated rings. The Morgan fingerprint density at radius 3 is 2.73 bits per heavy atom. The second kappa shape index (κ2) is 7.07. The number of carbonyl (C=O) groups excluding carboxylic acids is 1. The van der Waals surface area contributed by atoms with Crippen LogP contribution in [0, 0.1) is 6.92 Å². The maximum absolute atomic E-state index is 13.6. The fraction of sp³-hybridized carbons (Fsp3) is 0.136. The van der Waals surface area contributed by atoms with Crippen LogP contribution in [0.25, 0.3) is 11.0 Å². The van der Waals surface area contributed by atoms with Crippen molar-refractivity contribution in [3.8, 4) is 5.75 Å². The predicted molar refractivity (Wildman–Crippen MR) is 119 cm³/mol. The molecular weight excluding hydrogens is 468 g/mol. The van der Waals surface area contributed by atoms with Gasteiger partial charge in [-0.15, -0.1) is 11.3 Å². The van der Waals surface area contributed by atoms with Gasteiger partial charge in [0.05, 0.1) is 23.8 Å². The number of thiazole rings is 1. The smallest absolute Gasteiger partial charge is 0.297 e. The predicted octanol–water partition coefficient (Wildman–Crippen LogP) is 5.08. The second-order valence-electron chi connectivity index (χ2n) is 6.91. The van der Waals surface area contributed by atoms with Gasteiger partial charge in [0.2, 0.25) is 5.76 Å². The van der Waals surface area contributed by atoms with Crippen LogP contribution in [0.5, 0.6) is 5.75 Å². The van der Waals surface area contributed by atoms with Gasteiger partial charge in [0.1, 0.15) is 17.4 Å². The van der Waals surface area contributed by atoms with Crippen molar-refractivity contribution in [3.63, 3.8) is 0 Å². The van der Waals surface area contributed by atoms with Gasteiger partial charge < -0.3 is 9.15 Å². The number of carbonyl (C=O) groups is 1. The molecule has 8 heteroatoms. The SMILES string of the molecule is COc1ccccc1[C@H]1c2c(oc3ccc(Br)cc3c2=O)C(=O)N1c1nc(C)cs1. The zero-order chi connectivity index (χ0) is 21.0. The van der Waals surface area contributed by atoms with Crippen molar-refractivity contribution >= 4 is 49.3 Å². The van der Waals surface area contributed by atoms with E-state index in [0.717, 1.165) is 10.2 Å². The summed E-state index contributed by atoms with van der Waals surface area (Å²) in [7, 11) is 1.56. The van der Waals surface area contributed by atoms with Crippen LogP contribution in [0.15, 0.2) is 61.5 Å². The number of methoxy groups -OCH3 is 1. The highest BCUT2D eigenvalue weighted by atomic mass is 79.9. The lowest BCUT2D eigenvalue weighted by Gasteiger charge is -2.24. The number of aryl methyl sites for hydroxylation is 1. The van der Waals surface area contributed by atoms with Crippen molar-refractivity contribution in [1.82, 2.24) is 4.98 Å². The van der Waals surface area contributed by atoms with Gasteiger partial charge in [-0.25, -0.2) is 4.98 Å². The number of fused-ring (bicyclic) bond motifs is 2. The van der Waals surface area contributed by atoms with E-state index in [1.54, 1.807) is 25.3 Å². The summed E-state index contributed by atoms with van der Waals surface area (Å²) in [6.07, 6.45) is 0. The van der Waals surface area contributed by atoms with E-state index in [4.69, 9.17) is 9.15 Å². The molecule has 1 amide bonds. The number of nitrogens with zero attached hydrogens (tertiary/aromatic N) is 2. The minimum Gasteiger partial charge on any atom is -0.496 e. The lowest BCUT2D eigenvalue weighted by molar-refractivity contribution is 0.0971. The second-order valence-corrected chi connectivity index (χ2v) is 8.66. The number of benzene rings is 2. The highest BCUT2D eigenvalue weighted by Gasteiger charge is 2.45. The number of rotatable bonds is 3. The number of amides is 1. The molecule has 150 valence electrons. The van der Waals surface area contributed by atoms with E-state index in [0.29, 0.717) is 33.0 Å². The summed E-state index contributed by atoms with van der Waals surface area (Å²) >= 11 is 4.75. The Labute approximate surface area is 183 Å². The van der Waals surface area contributed by atoms with Crippen LogP contribution in [0.2, 0.25) is 0 Å². The Morgan fingerprint density at radius 2 is 2.00 bits per heavy atom. The highest BCUT2D eigenvalue weighted by Crippen LogP contribution is 2.44. The van der Waals surface area contributed by atoms with Gasteiger partial charge in [-0.05, 0) is 31.2 Å². The third kappa shape index (κ3) is 2.79. The number of para-hydroxylation sites is 1. The first-order chi connectivity index (χ1) is 14.5. The van der Waals surface area contributed by atoms with Crippen molar-refractivity contribution in [1.29, 1.82) is 0 Å². The molecule has 30 heavy (non-hydrogen) atoms. The molecule has 1 aliphatic rings. The lowest BCUT2D eigenvalue weighted by atomic mass is 9.98. The maximum atomic E-state index is 13.6. The molecule has 0 radical (unpaired) electrons. The Bertz CT molecular complexity index is 1380. The third-order valence-corrected chi connectivity index (χ3v) is 6.53. The molecule has 0 saturated heterocycles. The molecule has 1 aliphatic heterocycles. The zero-order valence-corrected chi connectivity index (χ0v) is 18.4. The Kier molecular flexibility index (Phi) is 4.48. The molecule has 4 aromatic rings. The number of halogens is 1. The topological polar surface area (TPSA) is 72.6 Å². The Morgan fingerprint density at radius 1 is 1.20 bits per heavy atom. The first-order valence-corrected chi connectivity index (χ1v) is 10.8. The molecule has 5 rings (SSSR count). The molecular formula is C22H15BrN2O4S. The molecule has 0 bridgehead atoms. The van der Waals surface area contributed by atoms with Gasteiger partial charge in [-0.3, -0.25) is 14.5 Å². The van der Waals surface area contributed by atoms with Gasteiger partial charge in [0.15, 0.2) is 10.6 Å². The van der Waals surface area contributed by atoms with Crippen LogP contribution >= 0.6 is 27.3 Å². The quantitative estimate of drug-likeness (QED) is 0.407. The first kappa shape index (κ1) is 19.0. The first-order valence-electron chi connectivity index (χ1n) is 9.14. The van der Waals surface area contributed by atoms with E-state index in [1.165, 1.54) is 16.2 Å². The number of ether oxygens (including phenoxy) is 1. The molecule has 0 aliphatic carbocycles. The summed E-state index contributed by atoms with van der Waals surface area (Å²) in [5, 5.41) is 2.78. The van der Waals surface area contributed by atoms with Gasteiger partial charge in [-0.2, -0.15) is 0 Å². The molecule has 0 N–H and O–H groups in total. The minimum atomic E-state index is -0.700. The van der Waals surface area contributed by atoms with Crippen LogP contribution < -0.4 is 15.1 Å². The highest BCUT2D eigenvalue weighted by molar-refractivity contribution is 9.10. The monoisotopic (exact) mass is 482 g/mol. The van der Waals surface area contributed by atoms with E-state index < -0.39 is 11.9 Å². The molecule has 2 aromatic heterocycles. The maximum Gasteiger partial charge on any atom is 0.297 e. The van der Waals surface area contributed by atoms with E-state index in [-0.39, 0.29) is 11.2 Å². The summed E-state index contributed by atoms with van der Waals surface area (Å²) in [4.78, 5) is 33.1. The van der Waals surface area contributed by atoms with Gasteiger partial charge in [-0.1, -0.05) is 34.1 Å². The largest absolute Gasteiger partial charge is 0.496 e. The van der Waals surface area contributed by atoms with E-state index in [1.807, 2.05) is 36.6 Å². The summed E-state index contributed by atoms with van der Waals surface area (Å²) in [5.74, 6) is 0.228. The third-order valence-electron chi connectivity index (χ3n) is 5.08. The molecule has 0 spiro atoms. The zero-order valence-electron chi connectivity index (χ0n) is 16.0. The lowest BCUT2D eigenvalue weighted by Crippen LogP contribution is -2.29. The van der Waals surface area contributed by atoms with Crippen LogP contribution in [0.1, 0.15) is 33.4 Å². The molecule has 2 aromatic carbocycles. The van der Waals surface area contributed by atoms with E-state index >= 15 is 0 Å². The van der Waals surface area contributed by atoms with E-state index in [2.05, 4.69) is 20.9 Å². The van der Waals surface area contributed by atoms with Gasteiger partial charge in [0, 0.05) is 15.4 Å². The molecule has 1 atom stereocenters. The molecule has 3 heterocycles.